The van der Waals surface area contributed by atoms with Crippen LogP contribution in [0, 0.1) is 29.1 Å². The van der Waals surface area contributed by atoms with Gasteiger partial charge in [-0.05, 0) is 12.1 Å². The largest absolute Gasteiger partial charge is 0.261 e. The molecule has 0 unspecified atom stereocenters. The third-order valence-corrected chi connectivity index (χ3v) is 5.01. The fourth-order valence-electron chi connectivity index (χ4n) is 2.49. The van der Waals surface area contributed by atoms with Crippen LogP contribution in [0.15, 0.2) is 48.5 Å². The molecular weight excluding hydrogens is 391 g/mol. The highest BCUT2D eigenvalue weighted by Crippen LogP contribution is 2.39. The summed E-state index contributed by atoms with van der Waals surface area (Å²) in [7, 11) is -4.72. The second-order valence-electron chi connectivity index (χ2n) is 5.24. The average molecular weight is 400 g/mol. The van der Waals surface area contributed by atoms with E-state index >= 15 is 0 Å². The van der Waals surface area contributed by atoms with Gasteiger partial charge in [0, 0.05) is 17.0 Å². The molecular formula is C17H9F5N2O2S. The van der Waals surface area contributed by atoms with Crippen molar-refractivity contribution in [3.05, 3.63) is 77.6 Å². The lowest BCUT2D eigenvalue weighted by molar-refractivity contribution is 0.381. The van der Waals surface area contributed by atoms with Gasteiger partial charge in [-0.2, -0.15) is 0 Å². The summed E-state index contributed by atoms with van der Waals surface area (Å²) >= 11 is 0. The number of pyridine rings is 1. The topological polar surface area (TPSA) is 50.3 Å². The van der Waals surface area contributed by atoms with Gasteiger partial charge in [-0.3, -0.25) is 4.98 Å². The zero-order chi connectivity index (χ0) is 19.9. The lowest BCUT2D eigenvalue weighted by Crippen LogP contribution is -2.27. The van der Waals surface area contributed by atoms with Crippen LogP contribution < -0.4 is 4.31 Å². The Hall–Kier alpha value is -3.01. The summed E-state index contributed by atoms with van der Waals surface area (Å²) in [5.74, 6) is -11.5. The second kappa shape index (κ2) is 6.62. The van der Waals surface area contributed by atoms with E-state index in [0.29, 0.717) is 5.41 Å². The molecule has 1 aromatic heterocycles. The van der Waals surface area contributed by atoms with Crippen LogP contribution in [0.1, 0.15) is 0 Å². The van der Waals surface area contributed by atoms with Gasteiger partial charge in [-0.25, -0.2) is 34.7 Å². The molecule has 3 aromatic rings. The van der Waals surface area contributed by atoms with Gasteiger partial charge in [0.25, 0.3) is 10.0 Å². The van der Waals surface area contributed by atoms with Gasteiger partial charge >= 0.3 is 0 Å². The van der Waals surface area contributed by atoms with Crippen molar-refractivity contribution in [1.82, 2.24) is 4.98 Å². The summed E-state index contributed by atoms with van der Waals surface area (Å²) in [5, 5.41) is 0.439. The van der Waals surface area contributed by atoms with Gasteiger partial charge in [-0.1, -0.05) is 24.8 Å². The smallest absolute Gasteiger partial charge is 0.256 e. The molecule has 0 atom stereocenters. The molecule has 0 radical (unpaired) electrons. The number of para-hydroxylation sites is 1. The van der Waals surface area contributed by atoms with Crippen molar-refractivity contribution >= 4 is 32.3 Å². The van der Waals surface area contributed by atoms with Crippen molar-refractivity contribution in [3.63, 3.8) is 0 Å². The monoisotopic (exact) mass is 400 g/mol. The molecule has 0 aliphatic heterocycles. The number of hydrogen-bond donors (Lipinski definition) is 0. The minimum absolute atomic E-state index is 0.0142. The number of aromatic nitrogens is 1. The Balaban J connectivity index is 2.48. The molecule has 0 saturated carbocycles. The Morgan fingerprint density at radius 2 is 1.44 bits per heavy atom. The van der Waals surface area contributed by atoms with Crippen LogP contribution in [0.3, 0.4) is 0 Å². The third-order valence-electron chi connectivity index (χ3n) is 3.70. The van der Waals surface area contributed by atoms with Crippen LogP contribution in [0.4, 0.5) is 33.3 Å². The lowest BCUT2D eigenvalue weighted by atomic mass is 10.1. The van der Waals surface area contributed by atoms with Gasteiger partial charge in [0.15, 0.2) is 23.3 Å². The zero-order valence-corrected chi connectivity index (χ0v) is 14.1. The molecule has 140 valence electrons. The molecule has 2 aromatic carbocycles. The van der Waals surface area contributed by atoms with Gasteiger partial charge in [0.2, 0.25) is 5.82 Å². The van der Waals surface area contributed by atoms with E-state index in [4.69, 9.17) is 0 Å². The maximum Gasteiger partial charge on any atom is 0.261 e. The molecule has 0 fully saturated rings. The Kier molecular flexibility index (Phi) is 4.60. The van der Waals surface area contributed by atoms with E-state index in [1.807, 2.05) is 0 Å². The summed E-state index contributed by atoms with van der Waals surface area (Å²) in [4.78, 5) is 3.98. The predicted molar refractivity (Wildman–Crippen MR) is 89.2 cm³/mol. The van der Waals surface area contributed by atoms with E-state index in [1.165, 1.54) is 18.2 Å². The number of nitrogens with zero attached hydrogens (tertiary/aromatic N) is 2. The lowest BCUT2D eigenvalue weighted by Gasteiger charge is -2.25. The van der Waals surface area contributed by atoms with E-state index in [0.717, 1.165) is 12.3 Å². The van der Waals surface area contributed by atoms with E-state index in [9.17, 15) is 30.4 Å². The molecule has 0 spiro atoms. The summed E-state index contributed by atoms with van der Waals surface area (Å²) < 4.78 is 94.3. The molecule has 0 amide bonds. The molecule has 10 heteroatoms. The minimum atomic E-state index is -4.72. The van der Waals surface area contributed by atoms with Crippen molar-refractivity contribution in [2.75, 3.05) is 4.31 Å². The Bertz CT molecular complexity index is 1150. The number of hydrogen-bond acceptors (Lipinski definition) is 3. The number of fused-ring (bicyclic) bond motifs is 1. The maximum atomic E-state index is 14.3. The fraction of sp³-hybridized carbons (Fsp3) is 0. The highest BCUT2D eigenvalue weighted by molar-refractivity contribution is 7.95. The van der Waals surface area contributed by atoms with Crippen molar-refractivity contribution in [1.29, 1.82) is 0 Å². The molecule has 0 aliphatic rings. The summed E-state index contributed by atoms with van der Waals surface area (Å²) in [6.07, 6.45) is 1.13. The standard InChI is InChI=1S/C17H9F5N2O2S/c1-2-27(25,26)24(11-7-8-23-10-6-4-3-5-9(10)11)17-15(21)13(19)12(18)14(20)16(17)22/h2-8H,1H2. The van der Waals surface area contributed by atoms with Crippen molar-refractivity contribution in [2.45, 2.75) is 0 Å². The van der Waals surface area contributed by atoms with Crippen LogP contribution in [0.5, 0.6) is 0 Å². The highest BCUT2D eigenvalue weighted by atomic mass is 32.2. The highest BCUT2D eigenvalue weighted by Gasteiger charge is 2.35. The third kappa shape index (κ3) is 2.91. The predicted octanol–water partition coefficient (Wildman–Crippen LogP) is 4.54. The summed E-state index contributed by atoms with van der Waals surface area (Å²) in [6, 6.07) is 7.00. The first-order valence-electron chi connectivity index (χ1n) is 7.23. The Morgan fingerprint density at radius 3 is 2.04 bits per heavy atom. The first-order valence-corrected chi connectivity index (χ1v) is 8.74. The molecule has 4 nitrogen and oxygen atoms in total. The van der Waals surface area contributed by atoms with Crippen LogP contribution in [0.25, 0.3) is 10.9 Å². The summed E-state index contributed by atoms with van der Waals surface area (Å²) in [6.45, 7) is 3.05. The van der Waals surface area contributed by atoms with E-state index < -0.39 is 44.8 Å². The van der Waals surface area contributed by atoms with Gasteiger partial charge in [-0.15, -0.1) is 0 Å². The first kappa shape index (κ1) is 18.8. The van der Waals surface area contributed by atoms with E-state index in [1.54, 1.807) is 6.07 Å². The first-order chi connectivity index (χ1) is 12.7. The number of benzene rings is 2. The molecule has 0 bridgehead atoms. The van der Waals surface area contributed by atoms with Gasteiger partial charge < -0.3 is 0 Å². The number of rotatable bonds is 4. The summed E-state index contributed by atoms with van der Waals surface area (Å²) in [5.41, 5.74) is -1.76. The van der Waals surface area contributed by atoms with Crippen LogP contribution >= 0.6 is 0 Å². The van der Waals surface area contributed by atoms with Crippen molar-refractivity contribution in [2.24, 2.45) is 0 Å². The average Bonchev–Trinajstić information content (AvgIpc) is 2.67. The van der Waals surface area contributed by atoms with Crippen LogP contribution in [-0.2, 0) is 10.0 Å². The molecule has 27 heavy (non-hydrogen) atoms. The minimum Gasteiger partial charge on any atom is -0.256 e. The van der Waals surface area contributed by atoms with Crippen LogP contribution in [-0.4, -0.2) is 13.4 Å². The van der Waals surface area contributed by atoms with Crippen LogP contribution in [0.2, 0.25) is 0 Å². The molecule has 0 N–H and O–H groups in total. The fourth-order valence-corrected chi connectivity index (χ4v) is 3.49. The molecule has 3 rings (SSSR count). The Morgan fingerprint density at radius 1 is 0.889 bits per heavy atom. The Labute approximate surface area is 150 Å². The van der Waals surface area contributed by atoms with Gasteiger partial charge in [0.1, 0.15) is 5.69 Å². The number of halogens is 5. The van der Waals surface area contributed by atoms with Gasteiger partial charge in [0.05, 0.1) is 11.2 Å². The van der Waals surface area contributed by atoms with E-state index in [2.05, 4.69) is 11.6 Å². The zero-order valence-electron chi connectivity index (χ0n) is 13.3. The number of anilines is 2. The number of sulfonamides is 1. The quantitative estimate of drug-likeness (QED) is 0.367. The van der Waals surface area contributed by atoms with E-state index in [-0.39, 0.29) is 20.9 Å². The second-order valence-corrected chi connectivity index (χ2v) is 6.97. The van der Waals surface area contributed by atoms with Crippen molar-refractivity contribution < 1.29 is 30.4 Å². The van der Waals surface area contributed by atoms with Crippen molar-refractivity contribution in [3.8, 4) is 0 Å². The molecule has 0 saturated heterocycles. The SMILES string of the molecule is C=CS(=O)(=O)N(c1c(F)c(F)c(F)c(F)c1F)c1ccnc2ccccc12. The normalized spacial score (nSPS) is 11.6. The molecule has 1 heterocycles. The molecule has 0 aliphatic carbocycles. The maximum absolute atomic E-state index is 14.3.